The number of hydrogen-bond acceptors (Lipinski definition) is 3. The molecule has 0 aromatic heterocycles. The van der Waals surface area contributed by atoms with E-state index >= 15 is 0 Å². The van der Waals surface area contributed by atoms with Crippen LogP contribution in [-0.4, -0.2) is 23.0 Å². The standard InChI is InChI=1S/C16H10ClF3N4O3/c17-11-4-5-13(24(26)27)12(7-11)15(25)23-8-22-14(21)9-2-1-3-10(6-9)16(18,19)20/h1-8H,(H2,21,22,23,25). The molecule has 0 atom stereocenters. The Kier molecular flexibility index (Phi) is 5.91. The van der Waals surface area contributed by atoms with Gasteiger partial charge in [0.2, 0.25) is 0 Å². The van der Waals surface area contributed by atoms with Crippen molar-refractivity contribution in [2.24, 2.45) is 15.7 Å². The zero-order valence-corrected chi connectivity index (χ0v) is 14.0. The number of nitro groups is 1. The van der Waals surface area contributed by atoms with E-state index in [0.29, 0.717) is 6.34 Å². The zero-order chi connectivity index (χ0) is 20.2. The summed E-state index contributed by atoms with van der Waals surface area (Å²) in [6, 6.07) is 7.46. The van der Waals surface area contributed by atoms with Crippen LogP contribution >= 0.6 is 11.6 Å². The van der Waals surface area contributed by atoms with Crippen LogP contribution in [0.3, 0.4) is 0 Å². The zero-order valence-electron chi connectivity index (χ0n) is 13.3. The van der Waals surface area contributed by atoms with Gasteiger partial charge in [-0.25, -0.2) is 4.99 Å². The lowest BCUT2D eigenvalue weighted by Crippen LogP contribution is -2.15. The Morgan fingerprint density at radius 1 is 1.22 bits per heavy atom. The van der Waals surface area contributed by atoms with Gasteiger partial charge >= 0.3 is 6.18 Å². The molecule has 0 aliphatic rings. The third-order valence-corrected chi connectivity index (χ3v) is 3.48. The van der Waals surface area contributed by atoms with Gasteiger partial charge in [-0.1, -0.05) is 23.7 Å². The largest absolute Gasteiger partial charge is 0.416 e. The first-order valence-corrected chi connectivity index (χ1v) is 7.49. The molecule has 0 heterocycles. The van der Waals surface area contributed by atoms with Crippen LogP contribution in [0.5, 0.6) is 0 Å². The van der Waals surface area contributed by atoms with Crippen LogP contribution < -0.4 is 5.73 Å². The van der Waals surface area contributed by atoms with Gasteiger partial charge in [0.1, 0.15) is 17.7 Å². The average molecular weight is 399 g/mol. The van der Waals surface area contributed by atoms with Crippen LogP contribution in [0.2, 0.25) is 5.02 Å². The Morgan fingerprint density at radius 2 is 1.93 bits per heavy atom. The number of aliphatic imine (C=N–C) groups is 2. The first kappa shape index (κ1) is 20.0. The summed E-state index contributed by atoms with van der Waals surface area (Å²) < 4.78 is 38.1. The van der Waals surface area contributed by atoms with Gasteiger partial charge in [-0.05, 0) is 24.3 Å². The molecule has 0 saturated carbocycles. The van der Waals surface area contributed by atoms with Gasteiger partial charge in [-0.2, -0.15) is 18.2 Å². The molecule has 2 N–H and O–H groups in total. The Balaban J connectivity index is 2.25. The summed E-state index contributed by atoms with van der Waals surface area (Å²) in [4.78, 5) is 29.2. The summed E-state index contributed by atoms with van der Waals surface area (Å²) in [7, 11) is 0. The minimum Gasteiger partial charge on any atom is -0.383 e. The highest BCUT2D eigenvalue weighted by Crippen LogP contribution is 2.29. The molecule has 0 bridgehead atoms. The molecule has 7 nitrogen and oxygen atoms in total. The Hall–Kier alpha value is -3.27. The van der Waals surface area contributed by atoms with Crippen LogP contribution in [0.15, 0.2) is 52.4 Å². The fourth-order valence-corrected chi connectivity index (χ4v) is 2.15. The third-order valence-electron chi connectivity index (χ3n) is 3.24. The van der Waals surface area contributed by atoms with E-state index < -0.39 is 28.3 Å². The minimum absolute atomic E-state index is 0.0301. The van der Waals surface area contributed by atoms with Crippen molar-refractivity contribution in [3.63, 3.8) is 0 Å². The highest BCUT2D eigenvalue weighted by atomic mass is 35.5. The number of carbonyl (C=O) groups excluding carboxylic acids is 1. The number of amides is 1. The van der Waals surface area contributed by atoms with Crippen molar-refractivity contribution < 1.29 is 22.9 Å². The number of nitrogens with zero attached hydrogens (tertiary/aromatic N) is 3. The van der Waals surface area contributed by atoms with Crippen molar-refractivity contribution in [3.05, 3.63) is 74.3 Å². The first-order valence-electron chi connectivity index (χ1n) is 7.11. The molecule has 140 valence electrons. The summed E-state index contributed by atoms with van der Waals surface area (Å²) in [5.41, 5.74) is 3.77. The normalized spacial score (nSPS) is 12.4. The number of benzene rings is 2. The number of alkyl halides is 3. The summed E-state index contributed by atoms with van der Waals surface area (Å²) in [5, 5.41) is 11.0. The van der Waals surface area contributed by atoms with E-state index in [1.54, 1.807) is 0 Å². The summed E-state index contributed by atoms with van der Waals surface area (Å²) in [6.45, 7) is 0. The van der Waals surface area contributed by atoms with Gasteiger partial charge in [0.15, 0.2) is 0 Å². The quantitative estimate of drug-likeness (QED) is 0.365. The first-order chi connectivity index (χ1) is 12.6. The van der Waals surface area contributed by atoms with Crippen LogP contribution in [0, 0.1) is 10.1 Å². The lowest BCUT2D eigenvalue weighted by atomic mass is 10.1. The van der Waals surface area contributed by atoms with Gasteiger partial charge < -0.3 is 5.73 Å². The topological polar surface area (TPSA) is 111 Å². The van der Waals surface area contributed by atoms with Gasteiger partial charge in [-0.3, -0.25) is 14.9 Å². The number of carbonyl (C=O) groups is 1. The molecule has 2 rings (SSSR count). The van der Waals surface area contributed by atoms with Crippen LogP contribution in [0.25, 0.3) is 0 Å². The van der Waals surface area contributed by atoms with Crippen molar-refractivity contribution in [2.75, 3.05) is 0 Å². The summed E-state index contributed by atoms with van der Waals surface area (Å²) in [6.07, 6.45) is -3.85. The molecule has 1 amide bonds. The molecule has 0 fully saturated rings. The number of amidine groups is 1. The fraction of sp³-hybridized carbons (Fsp3) is 0.0625. The average Bonchev–Trinajstić information content (AvgIpc) is 2.60. The lowest BCUT2D eigenvalue weighted by molar-refractivity contribution is -0.385. The van der Waals surface area contributed by atoms with Crippen molar-refractivity contribution in [1.29, 1.82) is 0 Å². The number of nitrogens with two attached hydrogens (primary N) is 1. The van der Waals surface area contributed by atoms with E-state index in [1.165, 1.54) is 12.1 Å². The summed E-state index contributed by atoms with van der Waals surface area (Å²) in [5.74, 6) is -1.33. The predicted octanol–water partition coefficient (Wildman–Crippen LogP) is 3.84. The minimum atomic E-state index is -4.55. The van der Waals surface area contributed by atoms with Gasteiger partial charge in [0, 0.05) is 16.7 Å². The third kappa shape index (κ3) is 5.11. The van der Waals surface area contributed by atoms with Crippen LogP contribution in [0.4, 0.5) is 18.9 Å². The molecule has 0 saturated heterocycles. The Labute approximate surface area is 155 Å². The molecule has 0 aliphatic carbocycles. The van der Waals surface area contributed by atoms with Crippen molar-refractivity contribution >= 4 is 35.4 Å². The molecule has 2 aromatic carbocycles. The van der Waals surface area contributed by atoms with Gasteiger partial charge in [0.25, 0.3) is 11.6 Å². The van der Waals surface area contributed by atoms with Crippen LogP contribution in [-0.2, 0) is 6.18 Å². The maximum absolute atomic E-state index is 12.7. The lowest BCUT2D eigenvalue weighted by Gasteiger charge is -2.07. The maximum Gasteiger partial charge on any atom is 0.416 e. The second kappa shape index (κ2) is 7.96. The van der Waals surface area contributed by atoms with Crippen molar-refractivity contribution in [3.8, 4) is 0 Å². The van der Waals surface area contributed by atoms with E-state index in [4.69, 9.17) is 17.3 Å². The smallest absolute Gasteiger partial charge is 0.383 e. The van der Waals surface area contributed by atoms with Crippen molar-refractivity contribution in [2.45, 2.75) is 6.18 Å². The second-order valence-electron chi connectivity index (χ2n) is 5.06. The molecule has 27 heavy (non-hydrogen) atoms. The molecule has 0 radical (unpaired) electrons. The molecule has 2 aromatic rings. The Bertz CT molecular complexity index is 958. The van der Waals surface area contributed by atoms with Crippen molar-refractivity contribution in [1.82, 2.24) is 0 Å². The maximum atomic E-state index is 12.7. The highest BCUT2D eigenvalue weighted by Gasteiger charge is 2.30. The monoisotopic (exact) mass is 398 g/mol. The summed E-state index contributed by atoms with van der Waals surface area (Å²) >= 11 is 5.72. The Morgan fingerprint density at radius 3 is 2.56 bits per heavy atom. The molecule has 0 unspecified atom stereocenters. The van der Waals surface area contributed by atoms with Gasteiger partial charge in [-0.15, -0.1) is 0 Å². The number of rotatable bonds is 4. The SMILES string of the molecule is NC(=NC=NC(=O)c1cc(Cl)ccc1[N+](=O)[O-])c1cccc(C(F)(F)F)c1. The van der Waals surface area contributed by atoms with E-state index in [-0.39, 0.29) is 22.0 Å². The van der Waals surface area contributed by atoms with Gasteiger partial charge in [0.05, 0.1) is 10.5 Å². The van der Waals surface area contributed by atoms with E-state index in [2.05, 4.69) is 9.98 Å². The van der Waals surface area contributed by atoms with E-state index in [9.17, 15) is 28.1 Å². The van der Waals surface area contributed by atoms with E-state index in [1.807, 2.05) is 0 Å². The molecule has 0 spiro atoms. The molecular formula is C16H10ClF3N4O3. The molecule has 0 aliphatic heterocycles. The highest BCUT2D eigenvalue weighted by molar-refractivity contribution is 6.31. The number of hydrogen-bond donors (Lipinski definition) is 1. The van der Waals surface area contributed by atoms with Crippen LogP contribution in [0.1, 0.15) is 21.5 Å². The predicted molar refractivity (Wildman–Crippen MR) is 93.1 cm³/mol. The fourth-order valence-electron chi connectivity index (χ4n) is 1.98. The second-order valence-corrected chi connectivity index (χ2v) is 5.50. The molecular weight excluding hydrogens is 389 g/mol. The molecule has 11 heteroatoms. The van der Waals surface area contributed by atoms with E-state index in [0.717, 1.165) is 30.3 Å². The number of nitro benzene ring substituents is 1. The number of halogens is 4.